The topological polar surface area (TPSA) is 63.6 Å². The fraction of sp³-hybridized carbons (Fsp3) is 1.00. The Morgan fingerprint density at radius 1 is 1.19 bits per heavy atom. The maximum atomic E-state index is 10.5. The molecule has 0 aromatic heterocycles. The molecule has 2 unspecified atom stereocenters. The molecule has 1 N–H and O–H groups in total. The summed E-state index contributed by atoms with van der Waals surface area (Å²) in [6, 6.07) is 0. The van der Waals surface area contributed by atoms with Gasteiger partial charge in [-0.3, -0.25) is 4.55 Å². The smallest absolute Gasteiger partial charge is 0.264 e. The van der Waals surface area contributed by atoms with Crippen LogP contribution in [0.4, 0.5) is 0 Å². The minimum absolute atomic E-state index is 0.439. The van der Waals surface area contributed by atoms with E-state index in [2.05, 4.69) is 18.0 Å². The summed E-state index contributed by atoms with van der Waals surface area (Å²) >= 11 is 0. The van der Waals surface area contributed by atoms with Crippen LogP contribution in [-0.4, -0.2) is 19.1 Å². The van der Waals surface area contributed by atoms with Crippen molar-refractivity contribution in [2.45, 2.75) is 65.4 Å². The highest BCUT2D eigenvalue weighted by Gasteiger charge is 2.14. The Balaban J connectivity index is 3.83. The molecule has 98 valence electrons. The molecule has 5 heteroatoms. The molecule has 16 heavy (non-hydrogen) atoms. The van der Waals surface area contributed by atoms with Crippen LogP contribution in [0.1, 0.15) is 59.3 Å². The average Bonchev–Trinajstić information content (AvgIpc) is 2.15. The van der Waals surface area contributed by atoms with Gasteiger partial charge in [-0.15, -0.1) is 0 Å². The van der Waals surface area contributed by atoms with Gasteiger partial charge in [0.2, 0.25) is 0 Å². The van der Waals surface area contributed by atoms with Gasteiger partial charge in [0, 0.05) is 0 Å². The molecule has 0 heterocycles. The maximum Gasteiger partial charge on any atom is 0.397 e. The normalized spacial score (nSPS) is 16.0. The lowest BCUT2D eigenvalue weighted by Gasteiger charge is -2.16. The molecule has 0 amide bonds. The van der Waals surface area contributed by atoms with E-state index < -0.39 is 16.5 Å². The zero-order valence-electron chi connectivity index (χ0n) is 10.5. The molecule has 0 fully saturated rings. The second kappa shape index (κ2) is 8.03. The summed E-state index contributed by atoms with van der Waals surface area (Å²) in [6.45, 7) is 5.98. The van der Waals surface area contributed by atoms with Gasteiger partial charge in [-0.2, -0.15) is 8.42 Å². The number of rotatable bonds is 9. The second-order valence-corrected chi connectivity index (χ2v) is 5.38. The van der Waals surface area contributed by atoms with Crippen LogP contribution in [0, 0.1) is 5.92 Å². The molecular weight excluding hydrogens is 228 g/mol. The lowest BCUT2D eigenvalue weighted by atomic mass is 9.93. The summed E-state index contributed by atoms with van der Waals surface area (Å²) in [4.78, 5) is 0. The van der Waals surface area contributed by atoms with E-state index in [1.165, 1.54) is 19.3 Å². The van der Waals surface area contributed by atoms with Crippen LogP contribution in [0.3, 0.4) is 0 Å². The summed E-state index contributed by atoms with van der Waals surface area (Å²) in [5.41, 5.74) is 0. The van der Waals surface area contributed by atoms with Gasteiger partial charge in [0.15, 0.2) is 0 Å². The predicted molar refractivity (Wildman–Crippen MR) is 64.6 cm³/mol. The highest BCUT2D eigenvalue weighted by Crippen LogP contribution is 2.20. The van der Waals surface area contributed by atoms with E-state index in [1.807, 2.05) is 0 Å². The molecule has 0 rings (SSSR count). The Kier molecular flexibility index (Phi) is 7.97. The molecule has 0 radical (unpaired) electrons. The van der Waals surface area contributed by atoms with Gasteiger partial charge in [0.05, 0.1) is 6.10 Å². The Labute approximate surface area is 99.3 Å². The zero-order valence-corrected chi connectivity index (χ0v) is 11.3. The molecule has 0 bridgehead atoms. The van der Waals surface area contributed by atoms with Gasteiger partial charge >= 0.3 is 10.4 Å². The van der Waals surface area contributed by atoms with E-state index in [0.29, 0.717) is 12.3 Å². The minimum atomic E-state index is -4.29. The summed E-state index contributed by atoms with van der Waals surface area (Å²) < 4.78 is 33.9. The fourth-order valence-corrected chi connectivity index (χ4v) is 2.28. The SMILES string of the molecule is CCCCC(CC)CCC(C)OS(=O)(=O)O. The Morgan fingerprint density at radius 3 is 2.25 bits per heavy atom. The number of unbranched alkanes of at least 4 members (excludes halogenated alkanes) is 1. The molecule has 0 saturated carbocycles. The lowest BCUT2D eigenvalue weighted by molar-refractivity contribution is 0.177. The number of hydrogen-bond donors (Lipinski definition) is 1. The van der Waals surface area contributed by atoms with Crippen molar-refractivity contribution < 1.29 is 17.2 Å². The Hall–Kier alpha value is -0.130. The van der Waals surface area contributed by atoms with E-state index in [-0.39, 0.29) is 0 Å². The van der Waals surface area contributed by atoms with Gasteiger partial charge in [-0.05, 0) is 25.7 Å². The van der Waals surface area contributed by atoms with Crippen molar-refractivity contribution in [1.29, 1.82) is 0 Å². The molecule has 0 spiro atoms. The molecule has 0 saturated heterocycles. The third kappa shape index (κ3) is 9.12. The molecular formula is C11H24O4S. The van der Waals surface area contributed by atoms with Crippen molar-refractivity contribution in [3.8, 4) is 0 Å². The quantitative estimate of drug-likeness (QED) is 0.640. The molecule has 2 atom stereocenters. The number of hydrogen-bond acceptors (Lipinski definition) is 3. The van der Waals surface area contributed by atoms with Gasteiger partial charge in [0.1, 0.15) is 0 Å². The first-order chi connectivity index (χ1) is 7.39. The zero-order chi connectivity index (χ0) is 12.6. The second-order valence-electron chi connectivity index (χ2n) is 4.33. The summed E-state index contributed by atoms with van der Waals surface area (Å²) in [7, 11) is -4.29. The van der Waals surface area contributed by atoms with Crippen molar-refractivity contribution in [1.82, 2.24) is 0 Å². The van der Waals surface area contributed by atoms with Gasteiger partial charge in [0.25, 0.3) is 0 Å². The predicted octanol–water partition coefficient (Wildman–Crippen LogP) is 3.19. The van der Waals surface area contributed by atoms with Crippen LogP contribution in [0.5, 0.6) is 0 Å². The maximum absolute atomic E-state index is 10.5. The van der Waals surface area contributed by atoms with Crippen LogP contribution in [0.15, 0.2) is 0 Å². The lowest BCUT2D eigenvalue weighted by Crippen LogP contribution is -2.15. The van der Waals surface area contributed by atoms with Crippen molar-refractivity contribution in [2.24, 2.45) is 5.92 Å². The molecule has 4 nitrogen and oxygen atoms in total. The van der Waals surface area contributed by atoms with Crippen molar-refractivity contribution in [3.05, 3.63) is 0 Å². The molecule has 0 aromatic rings. The minimum Gasteiger partial charge on any atom is -0.264 e. The van der Waals surface area contributed by atoms with Crippen LogP contribution in [0.25, 0.3) is 0 Å². The van der Waals surface area contributed by atoms with Gasteiger partial charge in [-0.25, -0.2) is 4.18 Å². The van der Waals surface area contributed by atoms with Crippen LogP contribution < -0.4 is 0 Å². The Bertz CT molecular complexity index is 261. The summed E-state index contributed by atoms with van der Waals surface area (Å²) in [5, 5.41) is 0. The van der Waals surface area contributed by atoms with Crippen LogP contribution >= 0.6 is 0 Å². The highest BCUT2D eigenvalue weighted by molar-refractivity contribution is 7.80. The van der Waals surface area contributed by atoms with Crippen LogP contribution in [-0.2, 0) is 14.6 Å². The highest BCUT2D eigenvalue weighted by atomic mass is 32.3. The third-order valence-corrected chi connectivity index (χ3v) is 3.38. The molecule has 0 aromatic carbocycles. The largest absolute Gasteiger partial charge is 0.397 e. The molecule has 0 aliphatic rings. The first-order valence-corrected chi connectivity index (χ1v) is 7.41. The monoisotopic (exact) mass is 252 g/mol. The molecule has 0 aliphatic carbocycles. The van der Waals surface area contributed by atoms with Crippen molar-refractivity contribution >= 4 is 10.4 Å². The third-order valence-electron chi connectivity index (χ3n) is 2.81. The van der Waals surface area contributed by atoms with E-state index in [9.17, 15) is 8.42 Å². The standard InChI is InChI=1S/C11H24O4S/c1-4-6-7-11(5-2)9-8-10(3)15-16(12,13)14/h10-11H,4-9H2,1-3H3,(H,12,13,14). The summed E-state index contributed by atoms with van der Waals surface area (Å²) in [6.07, 6.45) is 5.88. The van der Waals surface area contributed by atoms with E-state index >= 15 is 0 Å². The van der Waals surface area contributed by atoms with E-state index in [4.69, 9.17) is 4.55 Å². The van der Waals surface area contributed by atoms with Crippen molar-refractivity contribution in [2.75, 3.05) is 0 Å². The Morgan fingerprint density at radius 2 is 1.81 bits per heavy atom. The first-order valence-electron chi connectivity index (χ1n) is 6.04. The summed E-state index contributed by atoms with van der Waals surface area (Å²) in [5.74, 6) is 0.632. The van der Waals surface area contributed by atoms with E-state index in [1.54, 1.807) is 6.92 Å². The van der Waals surface area contributed by atoms with Crippen molar-refractivity contribution in [3.63, 3.8) is 0 Å². The first kappa shape index (κ1) is 15.9. The van der Waals surface area contributed by atoms with Gasteiger partial charge in [-0.1, -0.05) is 39.5 Å². The molecule has 0 aliphatic heterocycles. The average molecular weight is 252 g/mol. The van der Waals surface area contributed by atoms with E-state index in [0.717, 1.165) is 12.8 Å². The van der Waals surface area contributed by atoms with Gasteiger partial charge < -0.3 is 0 Å². The van der Waals surface area contributed by atoms with Crippen LogP contribution in [0.2, 0.25) is 0 Å². The fourth-order valence-electron chi connectivity index (χ4n) is 1.77.